The van der Waals surface area contributed by atoms with Gasteiger partial charge in [-0.25, -0.2) is 5.43 Å². The summed E-state index contributed by atoms with van der Waals surface area (Å²) in [6, 6.07) is 8.63. The highest BCUT2D eigenvalue weighted by atomic mass is 16.2. The average molecular weight is 272 g/mol. The standard InChI is InChI=1S/C14H16N4O2/c1-3-13(19)18-17-10(2)7-14(20)16-12-6-4-5-11(8-12)9-15/h4-6,8H,3,7H2,1-2H3,(H,16,20)(H,18,19)/b17-10-. The largest absolute Gasteiger partial charge is 0.326 e. The number of nitriles is 1. The van der Waals surface area contributed by atoms with Crippen LogP contribution in [0.2, 0.25) is 0 Å². The lowest BCUT2D eigenvalue weighted by Crippen LogP contribution is -2.20. The van der Waals surface area contributed by atoms with E-state index in [2.05, 4.69) is 15.8 Å². The minimum Gasteiger partial charge on any atom is -0.326 e. The number of carbonyl (C=O) groups excluding carboxylic acids is 2. The lowest BCUT2D eigenvalue weighted by atomic mass is 10.2. The number of hydrazone groups is 1. The van der Waals surface area contributed by atoms with Crippen molar-refractivity contribution in [3.63, 3.8) is 0 Å². The van der Waals surface area contributed by atoms with Crippen molar-refractivity contribution in [2.75, 3.05) is 5.32 Å². The van der Waals surface area contributed by atoms with E-state index >= 15 is 0 Å². The van der Waals surface area contributed by atoms with E-state index in [-0.39, 0.29) is 18.2 Å². The minimum atomic E-state index is -0.257. The Labute approximate surface area is 117 Å². The van der Waals surface area contributed by atoms with Crippen molar-refractivity contribution in [3.05, 3.63) is 29.8 Å². The molecule has 1 aromatic carbocycles. The molecule has 0 saturated heterocycles. The van der Waals surface area contributed by atoms with Crippen LogP contribution in [0.1, 0.15) is 32.3 Å². The third kappa shape index (κ3) is 5.31. The predicted molar refractivity (Wildman–Crippen MR) is 75.9 cm³/mol. The molecule has 2 amide bonds. The van der Waals surface area contributed by atoms with Crippen LogP contribution in [0.15, 0.2) is 29.4 Å². The number of hydrogen-bond donors (Lipinski definition) is 2. The second-order valence-corrected chi connectivity index (χ2v) is 4.15. The Morgan fingerprint density at radius 3 is 2.75 bits per heavy atom. The summed E-state index contributed by atoms with van der Waals surface area (Å²) in [6.07, 6.45) is 0.407. The number of nitrogens with one attached hydrogen (secondary N) is 2. The monoisotopic (exact) mass is 272 g/mol. The van der Waals surface area contributed by atoms with Gasteiger partial charge in [-0.05, 0) is 25.1 Å². The van der Waals surface area contributed by atoms with Crippen molar-refractivity contribution < 1.29 is 9.59 Å². The molecule has 0 aromatic heterocycles. The fraction of sp³-hybridized carbons (Fsp3) is 0.286. The molecule has 0 heterocycles. The van der Waals surface area contributed by atoms with E-state index in [0.717, 1.165) is 0 Å². The van der Waals surface area contributed by atoms with Crippen LogP contribution < -0.4 is 10.7 Å². The summed E-state index contributed by atoms with van der Waals surface area (Å²) < 4.78 is 0. The van der Waals surface area contributed by atoms with E-state index in [1.165, 1.54) is 0 Å². The molecule has 6 nitrogen and oxygen atoms in total. The number of benzene rings is 1. The maximum atomic E-state index is 11.7. The van der Waals surface area contributed by atoms with Crippen molar-refractivity contribution in [1.29, 1.82) is 5.26 Å². The summed E-state index contributed by atoms with van der Waals surface area (Å²) in [5, 5.41) is 15.2. The number of hydrogen-bond acceptors (Lipinski definition) is 4. The number of rotatable bonds is 5. The van der Waals surface area contributed by atoms with Crippen LogP contribution in [0.3, 0.4) is 0 Å². The molecule has 0 aliphatic heterocycles. The molecule has 0 unspecified atom stereocenters. The molecule has 0 saturated carbocycles. The molecule has 1 rings (SSSR count). The van der Waals surface area contributed by atoms with Crippen LogP contribution in [-0.2, 0) is 9.59 Å². The van der Waals surface area contributed by atoms with Gasteiger partial charge in [0, 0.05) is 17.8 Å². The Morgan fingerprint density at radius 1 is 1.35 bits per heavy atom. The molecule has 0 aliphatic carbocycles. The summed E-state index contributed by atoms with van der Waals surface area (Å²) in [7, 11) is 0. The second kappa shape index (κ2) is 7.69. The Bertz CT molecular complexity index is 573. The first-order chi connectivity index (χ1) is 9.55. The molecule has 104 valence electrons. The third-order valence-corrected chi connectivity index (χ3v) is 2.38. The highest BCUT2D eigenvalue weighted by molar-refractivity contribution is 6.05. The van der Waals surface area contributed by atoms with E-state index in [1.54, 1.807) is 38.1 Å². The molecular formula is C14H16N4O2. The lowest BCUT2D eigenvalue weighted by Gasteiger charge is -2.05. The molecule has 0 bridgehead atoms. The van der Waals surface area contributed by atoms with Gasteiger partial charge >= 0.3 is 0 Å². The van der Waals surface area contributed by atoms with Gasteiger partial charge in [0.15, 0.2) is 0 Å². The molecule has 0 aliphatic rings. The summed E-state index contributed by atoms with van der Waals surface area (Å²) in [6.45, 7) is 3.37. The second-order valence-electron chi connectivity index (χ2n) is 4.15. The van der Waals surface area contributed by atoms with E-state index in [0.29, 0.717) is 23.4 Å². The van der Waals surface area contributed by atoms with E-state index in [9.17, 15) is 9.59 Å². The summed E-state index contributed by atoms with van der Waals surface area (Å²) in [5.74, 6) is -0.460. The molecule has 2 N–H and O–H groups in total. The molecule has 20 heavy (non-hydrogen) atoms. The zero-order valence-electron chi connectivity index (χ0n) is 11.4. The SMILES string of the molecule is CCC(=O)N/N=C(/C)CC(=O)Nc1cccc(C#N)c1. The van der Waals surface area contributed by atoms with Crippen molar-refractivity contribution >= 4 is 23.2 Å². The Hall–Kier alpha value is -2.68. The van der Waals surface area contributed by atoms with Crippen molar-refractivity contribution in [2.24, 2.45) is 5.10 Å². The molecular weight excluding hydrogens is 256 g/mol. The van der Waals surface area contributed by atoms with Gasteiger partial charge in [-0.2, -0.15) is 10.4 Å². The molecule has 0 spiro atoms. The summed E-state index contributed by atoms with van der Waals surface area (Å²) in [5.41, 5.74) is 3.88. The van der Waals surface area contributed by atoms with Gasteiger partial charge in [0.2, 0.25) is 11.8 Å². The highest BCUT2D eigenvalue weighted by Gasteiger charge is 2.05. The normalized spacial score (nSPS) is 10.6. The number of amides is 2. The maximum Gasteiger partial charge on any atom is 0.239 e. The third-order valence-electron chi connectivity index (χ3n) is 2.38. The number of nitrogens with zero attached hydrogens (tertiary/aromatic N) is 2. The quantitative estimate of drug-likeness (QED) is 0.632. The van der Waals surface area contributed by atoms with Crippen LogP contribution in [0.5, 0.6) is 0 Å². The van der Waals surface area contributed by atoms with Gasteiger partial charge in [-0.1, -0.05) is 13.0 Å². The van der Waals surface area contributed by atoms with Crippen LogP contribution >= 0.6 is 0 Å². The number of carbonyl (C=O) groups is 2. The van der Waals surface area contributed by atoms with Crippen molar-refractivity contribution in [3.8, 4) is 6.07 Å². The van der Waals surface area contributed by atoms with Gasteiger partial charge in [-0.15, -0.1) is 0 Å². The fourth-order valence-electron chi connectivity index (χ4n) is 1.38. The highest BCUT2D eigenvalue weighted by Crippen LogP contribution is 2.10. The van der Waals surface area contributed by atoms with Gasteiger partial charge < -0.3 is 5.32 Å². The predicted octanol–water partition coefficient (Wildman–Crippen LogP) is 1.79. The first-order valence-corrected chi connectivity index (χ1v) is 6.17. The molecule has 1 aromatic rings. The van der Waals surface area contributed by atoms with E-state index < -0.39 is 0 Å². The molecule has 0 radical (unpaired) electrons. The zero-order valence-corrected chi connectivity index (χ0v) is 11.4. The Kier molecular flexibility index (Phi) is 5.91. The smallest absolute Gasteiger partial charge is 0.239 e. The fourth-order valence-corrected chi connectivity index (χ4v) is 1.38. The van der Waals surface area contributed by atoms with Crippen LogP contribution in [-0.4, -0.2) is 17.5 Å². The molecule has 6 heteroatoms. The summed E-state index contributed by atoms with van der Waals surface area (Å²) >= 11 is 0. The van der Waals surface area contributed by atoms with Crippen molar-refractivity contribution in [1.82, 2.24) is 5.43 Å². The van der Waals surface area contributed by atoms with Gasteiger partial charge in [-0.3, -0.25) is 9.59 Å². The summed E-state index contributed by atoms with van der Waals surface area (Å²) in [4.78, 5) is 22.8. The van der Waals surface area contributed by atoms with Gasteiger partial charge in [0.1, 0.15) is 0 Å². The van der Waals surface area contributed by atoms with E-state index in [4.69, 9.17) is 5.26 Å². The Balaban J connectivity index is 2.55. The Morgan fingerprint density at radius 2 is 2.10 bits per heavy atom. The van der Waals surface area contributed by atoms with E-state index in [1.807, 2.05) is 6.07 Å². The average Bonchev–Trinajstić information content (AvgIpc) is 2.44. The van der Waals surface area contributed by atoms with Crippen LogP contribution in [0, 0.1) is 11.3 Å². The lowest BCUT2D eigenvalue weighted by molar-refractivity contribution is -0.121. The van der Waals surface area contributed by atoms with Crippen LogP contribution in [0.25, 0.3) is 0 Å². The first-order valence-electron chi connectivity index (χ1n) is 6.17. The maximum absolute atomic E-state index is 11.7. The van der Waals surface area contributed by atoms with Gasteiger partial charge in [0.25, 0.3) is 0 Å². The molecule has 0 fully saturated rings. The van der Waals surface area contributed by atoms with Gasteiger partial charge in [0.05, 0.1) is 18.1 Å². The first kappa shape index (κ1) is 15.4. The minimum absolute atomic E-state index is 0.0702. The zero-order chi connectivity index (χ0) is 15.0. The topological polar surface area (TPSA) is 94.3 Å². The number of anilines is 1. The van der Waals surface area contributed by atoms with Crippen molar-refractivity contribution in [2.45, 2.75) is 26.7 Å². The molecule has 0 atom stereocenters. The van der Waals surface area contributed by atoms with Crippen LogP contribution in [0.4, 0.5) is 5.69 Å².